The molecule has 4 heterocycles. The van der Waals surface area contributed by atoms with Gasteiger partial charge in [-0.15, -0.1) is 11.8 Å². The van der Waals surface area contributed by atoms with Crippen LogP contribution in [-0.2, 0) is 22.3 Å². The molecule has 2 saturated heterocycles. The molecule has 0 aliphatic carbocycles. The van der Waals surface area contributed by atoms with Crippen molar-refractivity contribution in [1.29, 1.82) is 0 Å². The molecule has 0 radical (unpaired) electrons. The third-order valence-electron chi connectivity index (χ3n) is 8.33. The van der Waals surface area contributed by atoms with E-state index in [9.17, 15) is 27.2 Å². The van der Waals surface area contributed by atoms with E-state index in [1.807, 2.05) is 0 Å². The first-order valence-corrected chi connectivity index (χ1v) is 15.5. The summed E-state index contributed by atoms with van der Waals surface area (Å²) in [5, 5.41) is 0.0928. The maximum atomic E-state index is 15.4. The van der Waals surface area contributed by atoms with Crippen LogP contribution < -0.4 is 10.6 Å². The molecule has 2 atom stereocenters. The van der Waals surface area contributed by atoms with Gasteiger partial charge in [-0.2, -0.15) is 18.2 Å². The van der Waals surface area contributed by atoms with Crippen molar-refractivity contribution in [2.45, 2.75) is 43.5 Å². The molecule has 2 fully saturated rings. The highest BCUT2D eigenvalue weighted by atomic mass is 127. The van der Waals surface area contributed by atoms with Crippen LogP contribution in [0.1, 0.15) is 19.4 Å². The summed E-state index contributed by atoms with van der Waals surface area (Å²) in [6.45, 7) is 8.38. The Kier molecular flexibility index (Phi) is 7.56. The maximum Gasteiger partial charge on any atom is 0.417 e. The summed E-state index contributed by atoms with van der Waals surface area (Å²) in [4.78, 5) is 34.0. The van der Waals surface area contributed by atoms with E-state index in [1.54, 1.807) is 46.2 Å². The van der Waals surface area contributed by atoms with Gasteiger partial charge in [0.05, 0.1) is 24.3 Å². The molecule has 1 spiro atoms. The molecule has 3 aliphatic rings. The molecule has 1 aromatic heterocycles. The first-order valence-electron chi connectivity index (χ1n) is 13.5. The minimum Gasteiger partial charge on any atom is -0.380 e. The van der Waals surface area contributed by atoms with E-state index in [0.717, 1.165) is 23.9 Å². The lowest BCUT2D eigenvalue weighted by molar-refractivity contribution is -0.137. The number of carbonyl (C=O) groups excluding carboxylic acids is 1. The molecular weight excluding hydrogens is 706 g/mol. The quantitative estimate of drug-likeness (QED) is 0.149. The maximum absolute atomic E-state index is 15.4. The standard InChI is InChI=1S/C29H26F5IN4O3S/c1-4-22(40)37-8-15(3)38(9-14(37)2)26-17-5-18(29(32,33)34)23(16-6-21(35)20(31)7-19(16)30)25-24(17)39(27(41)36-26)10-28(13-43-25)11-42-12-28/h4-7,14-15H,1,8-13H2,2-3H3/t14-,15+/m1/s1. The molecule has 6 rings (SSSR count). The predicted octanol–water partition coefficient (Wildman–Crippen LogP) is 5.70. The van der Waals surface area contributed by atoms with Gasteiger partial charge in [-0.05, 0) is 54.6 Å². The molecule has 3 aromatic rings. The van der Waals surface area contributed by atoms with E-state index in [4.69, 9.17) is 4.74 Å². The van der Waals surface area contributed by atoms with Gasteiger partial charge in [0.25, 0.3) is 0 Å². The summed E-state index contributed by atoms with van der Waals surface area (Å²) in [5.41, 5.74) is -2.91. The number of rotatable bonds is 3. The smallest absolute Gasteiger partial charge is 0.380 e. The zero-order valence-corrected chi connectivity index (χ0v) is 26.1. The Bertz CT molecular complexity index is 1740. The van der Waals surface area contributed by atoms with Gasteiger partial charge in [-0.25, -0.2) is 13.6 Å². The number of ether oxygens (including phenoxy) is 1. The lowest BCUT2D eigenvalue weighted by atomic mass is 9.88. The van der Waals surface area contributed by atoms with Crippen molar-refractivity contribution in [2.24, 2.45) is 5.41 Å². The van der Waals surface area contributed by atoms with Crippen molar-refractivity contribution in [2.75, 3.05) is 37.0 Å². The summed E-state index contributed by atoms with van der Waals surface area (Å²) in [6.07, 6.45) is -3.72. The van der Waals surface area contributed by atoms with Gasteiger partial charge in [-0.3, -0.25) is 9.36 Å². The number of thioether (sulfide) groups is 1. The van der Waals surface area contributed by atoms with Crippen LogP contribution in [0.4, 0.5) is 27.8 Å². The van der Waals surface area contributed by atoms with Crippen molar-refractivity contribution < 1.29 is 31.5 Å². The molecule has 228 valence electrons. The van der Waals surface area contributed by atoms with Crippen molar-refractivity contribution in [3.8, 4) is 11.1 Å². The van der Waals surface area contributed by atoms with E-state index in [2.05, 4.69) is 11.6 Å². The second-order valence-electron chi connectivity index (χ2n) is 11.4. The number of amides is 1. The molecule has 0 unspecified atom stereocenters. The van der Waals surface area contributed by atoms with Crippen molar-refractivity contribution >= 4 is 57.0 Å². The van der Waals surface area contributed by atoms with Crippen molar-refractivity contribution in [3.05, 3.63) is 62.1 Å². The largest absolute Gasteiger partial charge is 0.417 e. The van der Waals surface area contributed by atoms with Crippen LogP contribution >= 0.6 is 34.4 Å². The number of carbonyl (C=O) groups is 1. The zero-order chi connectivity index (χ0) is 31.0. The molecule has 0 bridgehead atoms. The number of hydrogen-bond donors (Lipinski definition) is 0. The number of benzene rings is 2. The number of alkyl halides is 3. The van der Waals surface area contributed by atoms with Crippen LogP contribution in [0.15, 0.2) is 40.5 Å². The van der Waals surface area contributed by atoms with E-state index < -0.39 is 51.6 Å². The van der Waals surface area contributed by atoms with Crippen LogP contribution in [0.5, 0.6) is 0 Å². The molecule has 0 N–H and O–H groups in total. The molecule has 14 heteroatoms. The van der Waals surface area contributed by atoms with Crippen molar-refractivity contribution in [3.63, 3.8) is 0 Å². The van der Waals surface area contributed by atoms with Crippen LogP contribution in [0.2, 0.25) is 0 Å². The summed E-state index contributed by atoms with van der Waals surface area (Å²) in [5.74, 6) is -1.91. The highest BCUT2D eigenvalue weighted by Gasteiger charge is 2.45. The third kappa shape index (κ3) is 5.02. The minimum atomic E-state index is -4.93. The predicted molar refractivity (Wildman–Crippen MR) is 161 cm³/mol. The summed E-state index contributed by atoms with van der Waals surface area (Å²) < 4.78 is 81.2. The van der Waals surface area contributed by atoms with E-state index in [-0.39, 0.29) is 56.8 Å². The van der Waals surface area contributed by atoms with E-state index >= 15 is 4.39 Å². The van der Waals surface area contributed by atoms with Crippen LogP contribution in [0.25, 0.3) is 22.0 Å². The van der Waals surface area contributed by atoms with Crippen LogP contribution in [-0.4, -0.2) is 64.5 Å². The van der Waals surface area contributed by atoms with Gasteiger partial charge >= 0.3 is 11.9 Å². The molecular formula is C29H26F5IN4O3S. The van der Waals surface area contributed by atoms with Crippen LogP contribution in [0, 0.1) is 20.6 Å². The Hall–Kier alpha value is -2.72. The minimum absolute atomic E-state index is 0.0422. The second kappa shape index (κ2) is 10.7. The molecule has 3 aliphatic heterocycles. The van der Waals surface area contributed by atoms with Crippen LogP contribution in [0.3, 0.4) is 0 Å². The Labute approximate surface area is 261 Å². The number of aromatic nitrogens is 2. The van der Waals surface area contributed by atoms with Gasteiger partial charge in [0.1, 0.15) is 17.5 Å². The fourth-order valence-corrected chi connectivity index (χ4v) is 8.02. The fourth-order valence-electron chi connectivity index (χ4n) is 6.12. The molecule has 7 nitrogen and oxygen atoms in total. The highest BCUT2D eigenvalue weighted by molar-refractivity contribution is 14.1. The van der Waals surface area contributed by atoms with Gasteiger partial charge in [0.2, 0.25) is 5.91 Å². The first kappa shape index (κ1) is 30.3. The molecule has 0 saturated carbocycles. The average molecular weight is 733 g/mol. The summed E-state index contributed by atoms with van der Waals surface area (Å²) in [7, 11) is 0. The Balaban J connectivity index is 1.67. The number of piperazine rings is 1. The SMILES string of the molecule is C=CC(=O)N1C[C@H](C)N(c2nc(=O)n3c4c(c(-c5cc(I)c(F)cc5F)c(C(F)(F)F)cc24)SCC2(COC2)C3)C[C@H]1C. The Morgan fingerprint density at radius 3 is 2.51 bits per heavy atom. The lowest BCUT2D eigenvalue weighted by Gasteiger charge is -2.44. The van der Waals surface area contributed by atoms with E-state index in [0.29, 0.717) is 25.0 Å². The second-order valence-corrected chi connectivity index (χ2v) is 13.5. The topological polar surface area (TPSA) is 67.7 Å². The van der Waals surface area contributed by atoms with E-state index in [1.165, 1.54) is 10.6 Å². The number of anilines is 1. The highest BCUT2D eigenvalue weighted by Crippen LogP contribution is 2.51. The van der Waals surface area contributed by atoms with Gasteiger partial charge in [-0.1, -0.05) is 6.58 Å². The molecule has 2 aromatic carbocycles. The summed E-state index contributed by atoms with van der Waals surface area (Å²) >= 11 is 2.73. The first-order chi connectivity index (χ1) is 20.2. The average Bonchev–Trinajstić information content (AvgIpc) is 3.12. The molecule has 1 amide bonds. The third-order valence-corrected chi connectivity index (χ3v) is 10.6. The van der Waals surface area contributed by atoms with Gasteiger partial charge in [0.15, 0.2) is 0 Å². The summed E-state index contributed by atoms with van der Waals surface area (Å²) in [6, 6.07) is 1.82. The van der Waals surface area contributed by atoms with Gasteiger partial charge in [0, 0.05) is 73.9 Å². The number of halogens is 6. The number of hydrogen-bond acceptors (Lipinski definition) is 6. The fraction of sp³-hybridized carbons (Fsp3) is 0.414. The molecule has 43 heavy (non-hydrogen) atoms. The normalized spacial score (nSPS) is 21.6. The Morgan fingerprint density at radius 2 is 1.88 bits per heavy atom. The van der Waals surface area contributed by atoms with Gasteiger partial charge < -0.3 is 14.5 Å². The lowest BCUT2D eigenvalue weighted by Crippen LogP contribution is -2.58. The number of nitrogens with zero attached hydrogens (tertiary/aromatic N) is 4. The Morgan fingerprint density at radius 1 is 1.16 bits per heavy atom. The zero-order valence-electron chi connectivity index (χ0n) is 23.1. The monoisotopic (exact) mass is 732 g/mol. The van der Waals surface area contributed by atoms with Crippen molar-refractivity contribution in [1.82, 2.24) is 14.5 Å².